The van der Waals surface area contributed by atoms with E-state index in [1.165, 1.54) is 18.3 Å². The Bertz CT molecular complexity index is 916. The van der Waals surface area contributed by atoms with Gasteiger partial charge in [0, 0.05) is 28.7 Å². The second-order valence-electron chi connectivity index (χ2n) is 5.14. The molecule has 126 valence electrons. The van der Waals surface area contributed by atoms with Crippen LogP contribution in [0.15, 0.2) is 60.8 Å². The van der Waals surface area contributed by atoms with Crippen LogP contribution < -0.4 is 10.6 Å². The number of carbonyl (C=O) groups excluding carboxylic acids is 1. The van der Waals surface area contributed by atoms with Crippen molar-refractivity contribution in [2.24, 2.45) is 0 Å². The fraction of sp³-hybridized carbons (Fsp3) is 0. The lowest BCUT2D eigenvalue weighted by atomic mass is 10.2. The molecule has 1 heterocycles. The second-order valence-corrected chi connectivity index (χ2v) is 5.58. The van der Waals surface area contributed by atoms with Gasteiger partial charge in [0.1, 0.15) is 17.3 Å². The molecule has 0 saturated heterocycles. The molecule has 0 spiro atoms. The van der Waals surface area contributed by atoms with Crippen molar-refractivity contribution < 1.29 is 13.6 Å². The van der Waals surface area contributed by atoms with Gasteiger partial charge in [0.25, 0.3) is 5.91 Å². The summed E-state index contributed by atoms with van der Waals surface area (Å²) in [5.74, 6) is -1.82. The number of nitrogens with zero attached hydrogens (tertiary/aromatic N) is 1. The van der Waals surface area contributed by atoms with Crippen LogP contribution in [0.3, 0.4) is 0 Å². The Morgan fingerprint density at radius 1 is 0.960 bits per heavy atom. The van der Waals surface area contributed by atoms with Gasteiger partial charge in [-0.3, -0.25) is 9.78 Å². The SMILES string of the molecule is O=C(Nc1ccc(Cl)cc1)c1cc(Nc2ccc(F)cc2F)ccn1. The highest BCUT2D eigenvalue weighted by Gasteiger charge is 2.10. The quantitative estimate of drug-likeness (QED) is 0.688. The van der Waals surface area contributed by atoms with Crippen molar-refractivity contribution in [1.29, 1.82) is 0 Å². The Balaban J connectivity index is 1.76. The predicted molar refractivity (Wildman–Crippen MR) is 93.3 cm³/mol. The topological polar surface area (TPSA) is 54.0 Å². The standard InChI is InChI=1S/C18H12ClF2N3O/c19-11-1-4-13(5-2-11)24-18(25)17-10-14(7-8-22-17)23-16-6-3-12(20)9-15(16)21/h1-10H,(H,22,23)(H,24,25). The summed E-state index contributed by atoms with van der Waals surface area (Å²) in [4.78, 5) is 16.3. The van der Waals surface area contributed by atoms with Gasteiger partial charge in [-0.15, -0.1) is 0 Å². The number of benzene rings is 2. The van der Waals surface area contributed by atoms with E-state index in [-0.39, 0.29) is 11.4 Å². The molecule has 0 atom stereocenters. The fourth-order valence-electron chi connectivity index (χ4n) is 2.11. The van der Waals surface area contributed by atoms with Gasteiger partial charge < -0.3 is 10.6 Å². The molecule has 0 bridgehead atoms. The van der Waals surface area contributed by atoms with E-state index in [1.807, 2.05) is 0 Å². The zero-order valence-corrected chi connectivity index (χ0v) is 13.5. The lowest BCUT2D eigenvalue weighted by Crippen LogP contribution is -2.13. The van der Waals surface area contributed by atoms with E-state index in [0.29, 0.717) is 16.4 Å². The van der Waals surface area contributed by atoms with Crippen LogP contribution in [0.5, 0.6) is 0 Å². The van der Waals surface area contributed by atoms with Crippen molar-refractivity contribution in [2.45, 2.75) is 0 Å². The van der Waals surface area contributed by atoms with Gasteiger partial charge in [-0.25, -0.2) is 8.78 Å². The monoisotopic (exact) mass is 359 g/mol. The Kier molecular flexibility index (Phi) is 4.90. The fourth-order valence-corrected chi connectivity index (χ4v) is 2.23. The van der Waals surface area contributed by atoms with Gasteiger partial charge in [0.2, 0.25) is 0 Å². The summed E-state index contributed by atoms with van der Waals surface area (Å²) in [7, 11) is 0. The number of nitrogens with one attached hydrogen (secondary N) is 2. The summed E-state index contributed by atoms with van der Waals surface area (Å²) in [5.41, 5.74) is 1.25. The lowest BCUT2D eigenvalue weighted by Gasteiger charge is -2.09. The van der Waals surface area contributed by atoms with E-state index in [9.17, 15) is 13.6 Å². The van der Waals surface area contributed by atoms with Crippen LogP contribution in [0.1, 0.15) is 10.5 Å². The molecular formula is C18H12ClF2N3O. The zero-order valence-electron chi connectivity index (χ0n) is 12.8. The number of halogens is 3. The molecule has 0 saturated carbocycles. The summed E-state index contributed by atoms with van der Waals surface area (Å²) in [6, 6.07) is 12.9. The van der Waals surface area contributed by atoms with E-state index >= 15 is 0 Å². The third-order valence-electron chi connectivity index (χ3n) is 3.30. The first kappa shape index (κ1) is 16.9. The van der Waals surface area contributed by atoms with Gasteiger partial charge in [-0.05, 0) is 48.5 Å². The van der Waals surface area contributed by atoms with Crippen molar-refractivity contribution in [3.63, 3.8) is 0 Å². The van der Waals surface area contributed by atoms with E-state index in [4.69, 9.17) is 11.6 Å². The maximum atomic E-state index is 13.7. The number of carbonyl (C=O) groups is 1. The molecule has 0 aliphatic carbocycles. The van der Waals surface area contributed by atoms with Crippen molar-refractivity contribution in [3.05, 3.63) is 83.1 Å². The third kappa shape index (κ3) is 4.30. The van der Waals surface area contributed by atoms with Gasteiger partial charge >= 0.3 is 0 Å². The lowest BCUT2D eigenvalue weighted by molar-refractivity contribution is 0.102. The average molecular weight is 360 g/mol. The molecule has 2 N–H and O–H groups in total. The van der Waals surface area contributed by atoms with E-state index in [0.717, 1.165) is 12.1 Å². The summed E-state index contributed by atoms with van der Waals surface area (Å²) >= 11 is 5.80. The minimum absolute atomic E-state index is 0.0941. The minimum Gasteiger partial charge on any atom is -0.353 e. The van der Waals surface area contributed by atoms with Gasteiger partial charge in [0.15, 0.2) is 0 Å². The maximum absolute atomic E-state index is 13.7. The molecule has 0 aliphatic heterocycles. The molecular weight excluding hydrogens is 348 g/mol. The Hall–Kier alpha value is -2.99. The minimum atomic E-state index is -0.732. The van der Waals surface area contributed by atoms with Crippen LogP contribution >= 0.6 is 11.6 Å². The molecule has 3 rings (SSSR count). The number of amides is 1. The predicted octanol–water partition coefficient (Wildman–Crippen LogP) is 5.01. The van der Waals surface area contributed by atoms with Crippen molar-refractivity contribution in [1.82, 2.24) is 4.98 Å². The smallest absolute Gasteiger partial charge is 0.274 e. The molecule has 0 unspecified atom stereocenters. The zero-order chi connectivity index (χ0) is 17.8. The molecule has 7 heteroatoms. The van der Waals surface area contributed by atoms with Crippen LogP contribution in [0.4, 0.5) is 25.8 Å². The highest BCUT2D eigenvalue weighted by Crippen LogP contribution is 2.21. The van der Waals surface area contributed by atoms with E-state index < -0.39 is 17.5 Å². The third-order valence-corrected chi connectivity index (χ3v) is 3.56. The van der Waals surface area contributed by atoms with Crippen LogP contribution in [0, 0.1) is 11.6 Å². The van der Waals surface area contributed by atoms with Crippen LogP contribution in [0.2, 0.25) is 5.02 Å². The first-order chi connectivity index (χ1) is 12.0. The van der Waals surface area contributed by atoms with Crippen molar-refractivity contribution in [2.75, 3.05) is 10.6 Å². The highest BCUT2D eigenvalue weighted by atomic mass is 35.5. The summed E-state index contributed by atoms with van der Waals surface area (Å²) < 4.78 is 26.7. The number of pyridine rings is 1. The van der Waals surface area contributed by atoms with E-state index in [2.05, 4.69) is 15.6 Å². The summed E-state index contributed by atoms with van der Waals surface area (Å²) in [5, 5.41) is 6.03. The average Bonchev–Trinajstić information content (AvgIpc) is 2.60. The van der Waals surface area contributed by atoms with Gasteiger partial charge in [-0.1, -0.05) is 11.6 Å². The normalized spacial score (nSPS) is 10.4. The van der Waals surface area contributed by atoms with Crippen molar-refractivity contribution >= 4 is 34.6 Å². The number of rotatable bonds is 4. The molecule has 0 fully saturated rings. The molecule has 4 nitrogen and oxygen atoms in total. The summed E-state index contributed by atoms with van der Waals surface area (Å²) in [6.45, 7) is 0. The molecule has 0 aliphatic rings. The van der Waals surface area contributed by atoms with Gasteiger partial charge in [0.05, 0.1) is 5.69 Å². The molecule has 0 radical (unpaired) electrons. The summed E-state index contributed by atoms with van der Waals surface area (Å²) in [6.07, 6.45) is 1.42. The van der Waals surface area contributed by atoms with Crippen molar-refractivity contribution in [3.8, 4) is 0 Å². The number of anilines is 3. The second kappa shape index (κ2) is 7.27. The number of hydrogen-bond donors (Lipinski definition) is 2. The Labute approximate surface area is 147 Å². The molecule has 1 aromatic heterocycles. The molecule has 1 amide bonds. The first-order valence-corrected chi connectivity index (χ1v) is 7.64. The largest absolute Gasteiger partial charge is 0.353 e. The van der Waals surface area contributed by atoms with Crippen LogP contribution in [-0.4, -0.2) is 10.9 Å². The highest BCUT2D eigenvalue weighted by molar-refractivity contribution is 6.30. The van der Waals surface area contributed by atoms with Gasteiger partial charge in [-0.2, -0.15) is 0 Å². The number of aromatic nitrogens is 1. The maximum Gasteiger partial charge on any atom is 0.274 e. The number of hydrogen-bond acceptors (Lipinski definition) is 3. The molecule has 3 aromatic rings. The molecule has 2 aromatic carbocycles. The van der Waals surface area contributed by atoms with Crippen LogP contribution in [0.25, 0.3) is 0 Å². The van der Waals surface area contributed by atoms with E-state index in [1.54, 1.807) is 30.3 Å². The first-order valence-electron chi connectivity index (χ1n) is 7.26. The van der Waals surface area contributed by atoms with Crippen LogP contribution in [-0.2, 0) is 0 Å². The Morgan fingerprint density at radius 3 is 2.44 bits per heavy atom. The molecule has 25 heavy (non-hydrogen) atoms. The Morgan fingerprint density at radius 2 is 1.72 bits per heavy atom.